The zero-order valence-electron chi connectivity index (χ0n) is 14.0. The van der Waals surface area contributed by atoms with E-state index < -0.39 is 5.60 Å². The number of rotatable bonds is 5. The zero-order valence-corrected chi connectivity index (χ0v) is 14.0. The van der Waals surface area contributed by atoms with Crippen LogP contribution in [0.2, 0.25) is 0 Å². The molecule has 1 aliphatic carbocycles. The van der Waals surface area contributed by atoms with Crippen molar-refractivity contribution < 1.29 is 9.84 Å². The van der Waals surface area contributed by atoms with Crippen LogP contribution in [0.1, 0.15) is 46.1 Å². The lowest BCUT2D eigenvalue weighted by molar-refractivity contribution is -0.0508. The average molecular weight is 316 g/mol. The molecule has 5 nitrogen and oxygen atoms in total. The van der Waals surface area contributed by atoms with Crippen molar-refractivity contribution in [3.05, 3.63) is 34.9 Å². The van der Waals surface area contributed by atoms with E-state index in [9.17, 15) is 9.90 Å². The lowest BCUT2D eigenvalue weighted by Gasteiger charge is -2.41. The number of aromatic nitrogens is 2. The predicted octanol–water partition coefficient (Wildman–Crippen LogP) is 2.91. The fourth-order valence-electron chi connectivity index (χ4n) is 3.14. The van der Waals surface area contributed by atoms with Gasteiger partial charge in [0.15, 0.2) is 0 Å². The second-order valence-corrected chi connectivity index (χ2v) is 7.22. The molecule has 0 bridgehead atoms. The van der Waals surface area contributed by atoms with Crippen LogP contribution in [0, 0.1) is 5.92 Å². The highest BCUT2D eigenvalue weighted by Crippen LogP contribution is 2.41. The van der Waals surface area contributed by atoms with E-state index in [2.05, 4.69) is 18.8 Å². The molecule has 0 spiro atoms. The summed E-state index contributed by atoms with van der Waals surface area (Å²) >= 11 is 0. The van der Waals surface area contributed by atoms with Gasteiger partial charge in [0.1, 0.15) is 5.75 Å². The molecule has 1 heterocycles. The molecule has 0 radical (unpaired) electrons. The van der Waals surface area contributed by atoms with E-state index in [0.717, 1.165) is 23.1 Å². The highest BCUT2D eigenvalue weighted by atomic mass is 16.5. The van der Waals surface area contributed by atoms with E-state index in [1.807, 2.05) is 18.2 Å². The van der Waals surface area contributed by atoms with Crippen LogP contribution in [0.4, 0.5) is 0 Å². The maximum absolute atomic E-state index is 12.1. The van der Waals surface area contributed by atoms with Crippen molar-refractivity contribution in [1.82, 2.24) is 9.55 Å². The quantitative estimate of drug-likeness (QED) is 0.921. The third kappa shape index (κ3) is 3.39. The summed E-state index contributed by atoms with van der Waals surface area (Å²) in [6.45, 7) is 6.81. The van der Waals surface area contributed by atoms with Gasteiger partial charge in [-0.1, -0.05) is 13.8 Å². The Bertz CT molecular complexity index is 756. The number of benzene rings is 1. The van der Waals surface area contributed by atoms with Crippen molar-refractivity contribution in [2.75, 3.05) is 6.61 Å². The Morgan fingerprint density at radius 3 is 2.83 bits per heavy atom. The van der Waals surface area contributed by atoms with Gasteiger partial charge in [0.05, 0.1) is 17.7 Å². The van der Waals surface area contributed by atoms with Crippen LogP contribution in [-0.2, 0) is 0 Å². The molecule has 0 atom stereocenters. The monoisotopic (exact) mass is 316 g/mol. The second kappa shape index (κ2) is 5.96. The maximum atomic E-state index is 12.1. The van der Waals surface area contributed by atoms with E-state index in [-0.39, 0.29) is 11.7 Å². The summed E-state index contributed by atoms with van der Waals surface area (Å²) < 4.78 is 7.47. The molecule has 5 heteroatoms. The molecule has 2 aromatic rings. The summed E-state index contributed by atoms with van der Waals surface area (Å²) in [5, 5.41) is 10.8. The topological polar surface area (TPSA) is 64.3 Å². The first-order chi connectivity index (χ1) is 10.9. The van der Waals surface area contributed by atoms with Gasteiger partial charge < -0.3 is 9.84 Å². The molecule has 0 unspecified atom stereocenters. The smallest absolute Gasteiger partial charge is 0.348 e. The zero-order chi connectivity index (χ0) is 16.6. The van der Waals surface area contributed by atoms with Crippen molar-refractivity contribution in [2.45, 2.75) is 51.7 Å². The summed E-state index contributed by atoms with van der Waals surface area (Å²) in [5.41, 5.74) is -0.0835. The van der Waals surface area contributed by atoms with Crippen molar-refractivity contribution in [3.63, 3.8) is 0 Å². The largest absolute Gasteiger partial charge is 0.494 e. The first-order valence-corrected chi connectivity index (χ1v) is 8.22. The third-order valence-electron chi connectivity index (χ3n) is 4.46. The minimum Gasteiger partial charge on any atom is -0.494 e. The summed E-state index contributed by atoms with van der Waals surface area (Å²) in [5.74, 6) is 1.40. The molecule has 23 heavy (non-hydrogen) atoms. The van der Waals surface area contributed by atoms with Crippen molar-refractivity contribution in [3.8, 4) is 5.75 Å². The molecular weight excluding hydrogens is 292 g/mol. The molecule has 1 aromatic heterocycles. The lowest BCUT2D eigenvalue weighted by atomic mass is 9.77. The van der Waals surface area contributed by atoms with E-state index in [1.165, 1.54) is 0 Å². The number of hydrogen-bond acceptors (Lipinski definition) is 4. The van der Waals surface area contributed by atoms with Crippen LogP contribution in [0.3, 0.4) is 0 Å². The van der Waals surface area contributed by atoms with E-state index in [1.54, 1.807) is 17.7 Å². The Morgan fingerprint density at radius 2 is 2.17 bits per heavy atom. The molecule has 1 N–H and O–H groups in total. The van der Waals surface area contributed by atoms with Crippen LogP contribution < -0.4 is 10.4 Å². The molecule has 0 aliphatic heterocycles. The molecule has 1 fully saturated rings. The number of ether oxygens (including phenoxy) is 1. The van der Waals surface area contributed by atoms with E-state index in [4.69, 9.17) is 4.74 Å². The predicted molar refractivity (Wildman–Crippen MR) is 89.8 cm³/mol. The van der Waals surface area contributed by atoms with Crippen molar-refractivity contribution >= 4 is 10.9 Å². The fourth-order valence-corrected chi connectivity index (χ4v) is 3.14. The molecule has 0 amide bonds. The first kappa shape index (κ1) is 16.0. The van der Waals surface area contributed by atoms with Gasteiger partial charge in [-0.05, 0) is 50.3 Å². The van der Waals surface area contributed by atoms with Gasteiger partial charge in [0.25, 0.3) is 0 Å². The average Bonchev–Trinajstić information content (AvgIpc) is 2.44. The Hall–Kier alpha value is -1.88. The van der Waals surface area contributed by atoms with Gasteiger partial charge in [0.2, 0.25) is 0 Å². The standard InChI is InChI=1S/C18H24N2O3/c1-12(2)6-7-23-15-4-5-16-13(8-15)11-19-17(21)20(16)14-9-18(3,22)10-14/h4-5,8,11-12,14,22H,6-7,9-10H2,1-3H3. The number of hydrogen-bond donors (Lipinski definition) is 1. The number of aliphatic hydroxyl groups is 1. The molecule has 1 saturated carbocycles. The van der Waals surface area contributed by atoms with Crippen molar-refractivity contribution in [1.29, 1.82) is 0 Å². The highest BCUT2D eigenvalue weighted by molar-refractivity contribution is 5.79. The van der Waals surface area contributed by atoms with E-state index >= 15 is 0 Å². The van der Waals surface area contributed by atoms with Gasteiger partial charge in [-0.15, -0.1) is 0 Å². The Labute approximate surface area is 135 Å². The van der Waals surface area contributed by atoms with Gasteiger partial charge in [-0.3, -0.25) is 4.57 Å². The molecule has 3 rings (SSSR count). The normalized spacial score (nSPS) is 24.0. The Balaban J connectivity index is 1.87. The van der Waals surface area contributed by atoms with Gasteiger partial charge in [-0.25, -0.2) is 9.78 Å². The van der Waals surface area contributed by atoms with Crippen LogP contribution >= 0.6 is 0 Å². The maximum Gasteiger partial charge on any atom is 0.348 e. The first-order valence-electron chi connectivity index (χ1n) is 8.22. The van der Waals surface area contributed by atoms with Crippen LogP contribution in [0.15, 0.2) is 29.2 Å². The fraction of sp³-hybridized carbons (Fsp3) is 0.556. The SMILES string of the molecule is CC(C)CCOc1ccc2c(cnc(=O)n2C2CC(C)(O)C2)c1. The van der Waals surface area contributed by atoms with Gasteiger partial charge in [0, 0.05) is 17.6 Å². The summed E-state index contributed by atoms with van der Waals surface area (Å²) in [6.07, 6.45) is 3.77. The second-order valence-electron chi connectivity index (χ2n) is 7.22. The number of fused-ring (bicyclic) bond motifs is 1. The lowest BCUT2D eigenvalue weighted by Crippen LogP contribution is -2.45. The third-order valence-corrected chi connectivity index (χ3v) is 4.46. The molecule has 1 aliphatic rings. The van der Waals surface area contributed by atoms with Crippen LogP contribution in [-0.4, -0.2) is 26.9 Å². The Kier molecular flexibility index (Phi) is 4.15. The molecule has 0 saturated heterocycles. The van der Waals surface area contributed by atoms with Crippen molar-refractivity contribution in [2.24, 2.45) is 5.92 Å². The van der Waals surface area contributed by atoms with Crippen LogP contribution in [0.5, 0.6) is 5.75 Å². The minimum atomic E-state index is -0.674. The van der Waals surface area contributed by atoms with Gasteiger partial charge >= 0.3 is 5.69 Å². The van der Waals surface area contributed by atoms with Crippen LogP contribution in [0.25, 0.3) is 10.9 Å². The molecular formula is C18H24N2O3. The minimum absolute atomic E-state index is 0.0152. The molecule has 124 valence electrons. The highest BCUT2D eigenvalue weighted by Gasteiger charge is 2.40. The Morgan fingerprint density at radius 1 is 1.43 bits per heavy atom. The summed E-state index contributed by atoms with van der Waals surface area (Å²) in [4.78, 5) is 16.1. The van der Waals surface area contributed by atoms with E-state index in [0.29, 0.717) is 25.4 Å². The molecule has 1 aromatic carbocycles. The number of nitrogens with zero attached hydrogens (tertiary/aromatic N) is 2. The summed E-state index contributed by atoms with van der Waals surface area (Å²) in [6, 6.07) is 5.75. The van der Waals surface area contributed by atoms with Gasteiger partial charge in [-0.2, -0.15) is 0 Å². The summed E-state index contributed by atoms with van der Waals surface area (Å²) in [7, 11) is 0.